The van der Waals surface area contributed by atoms with Crippen LogP contribution in [0.4, 0.5) is 0 Å². The van der Waals surface area contributed by atoms with E-state index in [0.29, 0.717) is 6.54 Å². The molecular weight excluding hydrogens is 246 g/mol. The number of carboxylic acids is 1. The van der Waals surface area contributed by atoms with Crippen molar-refractivity contribution in [1.29, 1.82) is 0 Å². The van der Waals surface area contributed by atoms with E-state index in [4.69, 9.17) is 14.6 Å². The highest BCUT2D eigenvalue weighted by molar-refractivity contribution is 5.72. The molecule has 1 rings (SSSR count). The maximum absolute atomic E-state index is 11.0. The van der Waals surface area contributed by atoms with Crippen LogP contribution >= 0.6 is 0 Å². The van der Waals surface area contributed by atoms with Gasteiger partial charge < -0.3 is 14.6 Å². The van der Waals surface area contributed by atoms with Gasteiger partial charge in [0.05, 0.1) is 14.2 Å². The van der Waals surface area contributed by atoms with Crippen LogP contribution in [-0.4, -0.2) is 43.3 Å². The zero-order valence-corrected chi connectivity index (χ0v) is 12.1. The zero-order valence-electron chi connectivity index (χ0n) is 12.1. The fourth-order valence-corrected chi connectivity index (χ4v) is 1.95. The third-order valence-corrected chi connectivity index (χ3v) is 3.30. The second-order valence-electron chi connectivity index (χ2n) is 4.51. The highest BCUT2D eigenvalue weighted by atomic mass is 16.5. The SMILES string of the molecule is COc1ccc(CN(C)C(C)C(=O)O)c(OC)c1C. The topological polar surface area (TPSA) is 59.0 Å². The van der Waals surface area contributed by atoms with E-state index < -0.39 is 12.0 Å². The van der Waals surface area contributed by atoms with Crippen LogP contribution in [0.1, 0.15) is 18.1 Å². The largest absolute Gasteiger partial charge is 0.496 e. The van der Waals surface area contributed by atoms with Crippen LogP contribution in [0.5, 0.6) is 11.5 Å². The summed E-state index contributed by atoms with van der Waals surface area (Å²) in [5, 5.41) is 9.00. The number of ether oxygens (including phenoxy) is 2. The maximum atomic E-state index is 11.0. The van der Waals surface area contributed by atoms with E-state index in [2.05, 4.69) is 0 Å². The van der Waals surface area contributed by atoms with E-state index in [1.54, 1.807) is 33.1 Å². The third-order valence-electron chi connectivity index (χ3n) is 3.30. The van der Waals surface area contributed by atoms with Gasteiger partial charge in [-0.05, 0) is 27.0 Å². The number of rotatable bonds is 6. The van der Waals surface area contributed by atoms with Crippen molar-refractivity contribution in [2.75, 3.05) is 21.3 Å². The summed E-state index contributed by atoms with van der Waals surface area (Å²) in [5.41, 5.74) is 1.86. The van der Waals surface area contributed by atoms with Crippen LogP contribution in [0.25, 0.3) is 0 Å². The lowest BCUT2D eigenvalue weighted by atomic mass is 10.1. The van der Waals surface area contributed by atoms with Gasteiger partial charge >= 0.3 is 5.97 Å². The monoisotopic (exact) mass is 267 g/mol. The van der Waals surface area contributed by atoms with Gasteiger partial charge in [-0.2, -0.15) is 0 Å². The van der Waals surface area contributed by atoms with E-state index >= 15 is 0 Å². The Balaban J connectivity index is 3.02. The standard InChI is InChI=1S/C14H21NO4/c1-9-12(18-4)7-6-11(13(9)19-5)8-15(3)10(2)14(16)17/h6-7,10H,8H2,1-5H3,(H,16,17). The van der Waals surface area contributed by atoms with Gasteiger partial charge in [-0.25, -0.2) is 0 Å². The summed E-state index contributed by atoms with van der Waals surface area (Å²) >= 11 is 0. The summed E-state index contributed by atoms with van der Waals surface area (Å²) in [7, 11) is 4.99. The number of benzene rings is 1. The number of nitrogens with zero attached hydrogens (tertiary/aromatic N) is 1. The first-order chi connectivity index (χ1) is 8.92. The van der Waals surface area contributed by atoms with Crippen LogP contribution in [0.15, 0.2) is 12.1 Å². The summed E-state index contributed by atoms with van der Waals surface area (Å²) in [5.74, 6) is 0.657. The van der Waals surface area contributed by atoms with Gasteiger partial charge in [0.1, 0.15) is 17.5 Å². The molecule has 5 heteroatoms. The molecule has 0 aliphatic heterocycles. The molecule has 1 atom stereocenters. The van der Waals surface area contributed by atoms with Crippen LogP contribution < -0.4 is 9.47 Å². The van der Waals surface area contributed by atoms with Crippen LogP contribution in [0.3, 0.4) is 0 Å². The lowest BCUT2D eigenvalue weighted by Gasteiger charge is -2.23. The van der Waals surface area contributed by atoms with Gasteiger partial charge in [-0.1, -0.05) is 6.07 Å². The van der Waals surface area contributed by atoms with Gasteiger partial charge in [-0.3, -0.25) is 9.69 Å². The molecule has 0 saturated carbocycles. The van der Waals surface area contributed by atoms with E-state index in [9.17, 15) is 4.79 Å². The molecule has 0 radical (unpaired) electrons. The molecule has 1 N–H and O–H groups in total. The first kappa shape index (κ1) is 15.3. The number of hydrogen-bond donors (Lipinski definition) is 1. The molecule has 0 aromatic heterocycles. The first-order valence-electron chi connectivity index (χ1n) is 6.05. The van der Waals surface area contributed by atoms with Crippen molar-refractivity contribution < 1.29 is 19.4 Å². The van der Waals surface area contributed by atoms with Crippen molar-refractivity contribution >= 4 is 5.97 Å². The summed E-state index contributed by atoms with van der Waals surface area (Å²) in [6.07, 6.45) is 0. The number of hydrogen-bond acceptors (Lipinski definition) is 4. The Morgan fingerprint density at radius 2 is 2.00 bits per heavy atom. The lowest BCUT2D eigenvalue weighted by Crippen LogP contribution is -2.35. The van der Waals surface area contributed by atoms with Crippen molar-refractivity contribution in [3.05, 3.63) is 23.3 Å². The number of likely N-dealkylation sites (N-methyl/N-ethyl adjacent to an activating group) is 1. The molecule has 0 saturated heterocycles. The van der Waals surface area contributed by atoms with Crippen molar-refractivity contribution in [1.82, 2.24) is 4.90 Å². The minimum Gasteiger partial charge on any atom is -0.496 e. The average Bonchev–Trinajstić information content (AvgIpc) is 2.38. The summed E-state index contributed by atoms with van der Waals surface area (Å²) in [6, 6.07) is 3.22. The Hall–Kier alpha value is -1.75. The first-order valence-corrected chi connectivity index (χ1v) is 6.05. The molecule has 0 bridgehead atoms. The summed E-state index contributed by atoms with van der Waals surface area (Å²) in [4.78, 5) is 12.7. The van der Waals surface area contributed by atoms with E-state index in [1.165, 1.54) is 0 Å². The minimum absolute atomic E-state index is 0.501. The Kier molecular flexibility index (Phi) is 5.18. The van der Waals surface area contributed by atoms with Crippen molar-refractivity contribution in [2.24, 2.45) is 0 Å². The Morgan fingerprint density at radius 1 is 1.37 bits per heavy atom. The van der Waals surface area contributed by atoms with E-state index in [1.807, 2.05) is 19.1 Å². The lowest BCUT2D eigenvalue weighted by molar-refractivity contribution is -0.142. The highest BCUT2D eigenvalue weighted by Crippen LogP contribution is 2.32. The maximum Gasteiger partial charge on any atom is 0.320 e. The molecule has 1 aromatic rings. The Labute approximate surface area is 113 Å². The Bertz CT molecular complexity index is 459. The van der Waals surface area contributed by atoms with E-state index in [0.717, 1.165) is 22.6 Å². The summed E-state index contributed by atoms with van der Waals surface area (Å²) in [6.45, 7) is 4.08. The second-order valence-corrected chi connectivity index (χ2v) is 4.51. The molecule has 0 aliphatic rings. The van der Waals surface area contributed by atoms with Crippen molar-refractivity contribution in [3.63, 3.8) is 0 Å². The van der Waals surface area contributed by atoms with Crippen LogP contribution in [0.2, 0.25) is 0 Å². The van der Waals surface area contributed by atoms with Crippen LogP contribution in [-0.2, 0) is 11.3 Å². The fourth-order valence-electron chi connectivity index (χ4n) is 1.95. The molecule has 1 aromatic carbocycles. The number of carbonyl (C=O) groups is 1. The van der Waals surface area contributed by atoms with Crippen molar-refractivity contribution in [3.8, 4) is 11.5 Å². The normalized spacial score (nSPS) is 12.3. The second kappa shape index (κ2) is 6.43. The molecule has 19 heavy (non-hydrogen) atoms. The number of methoxy groups -OCH3 is 2. The zero-order chi connectivity index (χ0) is 14.6. The van der Waals surface area contributed by atoms with Crippen molar-refractivity contribution in [2.45, 2.75) is 26.4 Å². The molecule has 0 fully saturated rings. The van der Waals surface area contributed by atoms with Gasteiger partial charge in [0.2, 0.25) is 0 Å². The molecule has 0 heterocycles. The molecule has 106 valence electrons. The molecule has 0 aliphatic carbocycles. The fraction of sp³-hybridized carbons (Fsp3) is 0.500. The minimum atomic E-state index is -0.841. The van der Waals surface area contributed by atoms with E-state index in [-0.39, 0.29) is 0 Å². The van der Waals surface area contributed by atoms with Gasteiger partial charge in [0.25, 0.3) is 0 Å². The predicted molar refractivity (Wildman–Crippen MR) is 72.8 cm³/mol. The Morgan fingerprint density at radius 3 is 2.47 bits per heavy atom. The van der Waals surface area contributed by atoms with Crippen LogP contribution in [0, 0.1) is 6.92 Å². The third kappa shape index (κ3) is 3.38. The molecule has 1 unspecified atom stereocenters. The molecule has 5 nitrogen and oxygen atoms in total. The highest BCUT2D eigenvalue weighted by Gasteiger charge is 2.19. The number of carboxylic acid groups (broad SMARTS) is 1. The molecule has 0 spiro atoms. The molecule has 0 amide bonds. The van der Waals surface area contributed by atoms with Gasteiger partial charge in [0.15, 0.2) is 0 Å². The average molecular weight is 267 g/mol. The number of aliphatic carboxylic acids is 1. The summed E-state index contributed by atoms with van der Waals surface area (Å²) < 4.78 is 10.7. The smallest absolute Gasteiger partial charge is 0.320 e. The predicted octanol–water partition coefficient (Wildman–Crippen LogP) is 1.92. The molecular formula is C14H21NO4. The van der Waals surface area contributed by atoms with Gasteiger partial charge in [-0.15, -0.1) is 0 Å². The van der Waals surface area contributed by atoms with Gasteiger partial charge in [0, 0.05) is 17.7 Å². The quantitative estimate of drug-likeness (QED) is 0.853.